The van der Waals surface area contributed by atoms with Crippen molar-refractivity contribution in [3.63, 3.8) is 0 Å². The Labute approximate surface area is 275 Å². The molecule has 43 heavy (non-hydrogen) atoms. The van der Waals surface area contributed by atoms with Gasteiger partial charge in [0.25, 0.3) is 0 Å². The highest BCUT2D eigenvalue weighted by Gasteiger charge is 2.14. The lowest BCUT2D eigenvalue weighted by atomic mass is 10.1. The largest absolute Gasteiger partial charge is 0.494 e. The standard InChI is InChI=1S/C33H40Cl4N4O2/c34-14-19-40(20-15-35)18-3-4-24-42-27-12-10-26(11-13-27)38-32-28-6-1-2-8-30(28)39-33-29(32)7-5-9-31(33)43-25-23-41(21-16-36)22-17-37/h1-2,5-13H,3-4,14-25H2,(H,38,39). The van der Waals surface area contributed by atoms with Crippen LogP contribution in [0.1, 0.15) is 12.8 Å². The summed E-state index contributed by atoms with van der Waals surface area (Å²) in [6.07, 6.45) is 2.01. The quantitative estimate of drug-likeness (QED) is 0.0583. The van der Waals surface area contributed by atoms with Gasteiger partial charge in [-0.2, -0.15) is 0 Å². The van der Waals surface area contributed by atoms with Crippen molar-refractivity contribution in [3.05, 3.63) is 66.7 Å². The van der Waals surface area contributed by atoms with E-state index in [0.29, 0.717) is 36.7 Å². The van der Waals surface area contributed by atoms with Crippen LogP contribution < -0.4 is 14.8 Å². The number of rotatable bonds is 20. The van der Waals surface area contributed by atoms with Crippen LogP contribution in [0.4, 0.5) is 11.4 Å². The normalized spacial score (nSPS) is 11.6. The Morgan fingerprint density at radius 2 is 1.26 bits per heavy atom. The molecule has 3 aromatic carbocycles. The van der Waals surface area contributed by atoms with Gasteiger partial charge in [0, 0.05) is 72.7 Å². The molecule has 0 unspecified atom stereocenters. The number of benzene rings is 3. The maximum Gasteiger partial charge on any atom is 0.145 e. The first-order valence-electron chi connectivity index (χ1n) is 14.8. The summed E-state index contributed by atoms with van der Waals surface area (Å²) in [5, 5.41) is 5.68. The number of pyridine rings is 1. The van der Waals surface area contributed by atoms with Crippen LogP contribution in [0.2, 0.25) is 0 Å². The van der Waals surface area contributed by atoms with Crippen molar-refractivity contribution in [2.75, 3.05) is 81.3 Å². The third-order valence-corrected chi connectivity index (χ3v) is 7.88. The summed E-state index contributed by atoms with van der Waals surface area (Å²) in [5.74, 6) is 3.96. The minimum Gasteiger partial charge on any atom is -0.494 e. The Kier molecular flexibility index (Phi) is 14.6. The fraction of sp³-hybridized carbons (Fsp3) is 0.424. The summed E-state index contributed by atoms with van der Waals surface area (Å²) in [5.41, 5.74) is 3.67. The number of hydrogen-bond acceptors (Lipinski definition) is 6. The minimum absolute atomic E-state index is 0.519. The monoisotopic (exact) mass is 664 g/mol. The molecule has 4 aromatic rings. The number of aromatic nitrogens is 1. The Morgan fingerprint density at radius 1 is 0.605 bits per heavy atom. The highest BCUT2D eigenvalue weighted by atomic mass is 35.5. The molecule has 0 fully saturated rings. The van der Waals surface area contributed by atoms with E-state index in [1.54, 1.807) is 0 Å². The van der Waals surface area contributed by atoms with E-state index < -0.39 is 0 Å². The minimum atomic E-state index is 0.519. The molecule has 0 amide bonds. The van der Waals surface area contributed by atoms with Crippen LogP contribution in [-0.4, -0.2) is 90.8 Å². The molecular formula is C33H40Cl4N4O2. The van der Waals surface area contributed by atoms with Crippen molar-refractivity contribution in [2.24, 2.45) is 0 Å². The summed E-state index contributed by atoms with van der Waals surface area (Å²) in [4.78, 5) is 9.48. The van der Waals surface area contributed by atoms with Crippen LogP contribution in [0.25, 0.3) is 21.8 Å². The number of para-hydroxylation sites is 2. The Hall–Kier alpha value is -2.19. The lowest BCUT2D eigenvalue weighted by molar-refractivity contribution is 0.226. The number of hydrogen-bond donors (Lipinski definition) is 1. The topological polar surface area (TPSA) is 49.9 Å². The predicted molar refractivity (Wildman–Crippen MR) is 185 cm³/mol. The van der Waals surface area contributed by atoms with Crippen LogP contribution in [-0.2, 0) is 0 Å². The fourth-order valence-corrected chi connectivity index (χ4v) is 5.93. The van der Waals surface area contributed by atoms with Gasteiger partial charge in [-0.25, -0.2) is 4.98 Å². The second kappa shape index (κ2) is 18.6. The summed E-state index contributed by atoms with van der Waals surface area (Å²) in [6, 6.07) is 22.3. The Morgan fingerprint density at radius 3 is 1.95 bits per heavy atom. The lowest BCUT2D eigenvalue weighted by Gasteiger charge is -2.20. The smallest absolute Gasteiger partial charge is 0.145 e. The molecular weight excluding hydrogens is 626 g/mol. The number of ether oxygens (including phenoxy) is 2. The van der Waals surface area contributed by atoms with Gasteiger partial charge in [0.2, 0.25) is 0 Å². The van der Waals surface area contributed by atoms with Gasteiger partial charge in [-0.05, 0) is 55.8 Å². The predicted octanol–water partition coefficient (Wildman–Crippen LogP) is 8.23. The van der Waals surface area contributed by atoms with Crippen molar-refractivity contribution in [3.8, 4) is 11.5 Å². The van der Waals surface area contributed by atoms with Gasteiger partial charge >= 0.3 is 0 Å². The van der Waals surface area contributed by atoms with E-state index in [1.165, 1.54) is 0 Å². The molecule has 1 heterocycles. The average molecular weight is 667 g/mol. The zero-order valence-corrected chi connectivity index (χ0v) is 27.4. The molecule has 0 atom stereocenters. The molecule has 6 nitrogen and oxygen atoms in total. The maximum absolute atomic E-state index is 6.26. The van der Waals surface area contributed by atoms with Crippen molar-refractivity contribution in [1.29, 1.82) is 0 Å². The number of anilines is 2. The Bertz CT molecular complexity index is 1380. The van der Waals surface area contributed by atoms with E-state index in [2.05, 4.69) is 27.2 Å². The molecule has 1 aromatic heterocycles. The number of halogens is 4. The molecule has 0 aliphatic carbocycles. The van der Waals surface area contributed by atoms with E-state index in [-0.39, 0.29) is 0 Å². The van der Waals surface area contributed by atoms with E-state index >= 15 is 0 Å². The second-order valence-electron chi connectivity index (χ2n) is 10.1. The number of nitrogens with one attached hydrogen (secondary N) is 1. The van der Waals surface area contributed by atoms with Gasteiger partial charge < -0.3 is 19.7 Å². The molecule has 0 bridgehead atoms. The van der Waals surface area contributed by atoms with Gasteiger partial charge in [0.1, 0.15) is 23.6 Å². The summed E-state index contributed by atoms with van der Waals surface area (Å²) in [6.45, 7) is 6.18. The molecule has 1 N–H and O–H groups in total. The third-order valence-electron chi connectivity index (χ3n) is 7.20. The molecule has 10 heteroatoms. The van der Waals surface area contributed by atoms with Crippen molar-refractivity contribution >= 4 is 79.6 Å². The first kappa shape index (κ1) is 33.7. The van der Waals surface area contributed by atoms with Crippen LogP contribution in [0.15, 0.2) is 66.7 Å². The Balaban J connectivity index is 1.43. The molecule has 4 rings (SSSR count). The van der Waals surface area contributed by atoms with Gasteiger partial charge in [-0.1, -0.05) is 30.3 Å². The van der Waals surface area contributed by atoms with Crippen LogP contribution in [0, 0.1) is 0 Å². The van der Waals surface area contributed by atoms with Crippen molar-refractivity contribution in [1.82, 2.24) is 14.8 Å². The molecule has 0 saturated carbocycles. The first-order chi connectivity index (χ1) is 21.2. The fourth-order valence-electron chi connectivity index (χ4n) is 4.98. The number of unbranched alkanes of at least 4 members (excludes halogenated alkanes) is 1. The summed E-state index contributed by atoms with van der Waals surface area (Å²) < 4.78 is 12.3. The van der Waals surface area contributed by atoms with E-state index in [1.807, 2.05) is 54.6 Å². The summed E-state index contributed by atoms with van der Waals surface area (Å²) in [7, 11) is 0. The SMILES string of the molecule is ClCCN(CCCl)CCCCOc1ccc(Nc2c3ccccc3nc3c(OCCN(CCCl)CCCl)cccc23)cc1. The number of alkyl halides is 4. The summed E-state index contributed by atoms with van der Waals surface area (Å²) >= 11 is 23.7. The van der Waals surface area contributed by atoms with E-state index in [0.717, 1.165) is 96.8 Å². The molecule has 0 aliphatic heterocycles. The van der Waals surface area contributed by atoms with Crippen LogP contribution in [0.3, 0.4) is 0 Å². The second-order valence-corrected chi connectivity index (χ2v) is 11.7. The molecule has 0 spiro atoms. The highest BCUT2D eigenvalue weighted by molar-refractivity contribution is 6.18. The highest BCUT2D eigenvalue weighted by Crippen LogP contribution is 2.37. The zero-order chi connectivity index (χ0) is 30.3. The van der Waals surface area contributed by atoms with Gasteiger partial charge in [0.15, 0.2) is 0 Å². The number of nitrogens with zero attached hydrogens (tertiary/aromatic N) is 3. The van der Waals surface area contributed by atoms with Gasteiger partial charge in [-0.15, -0.1) is 46.4 Å². The van der Waals surface area contributed by atoms with E-state index in [9.17, 15) is 0 Å². The average Bonchev–Trinajstić information content (AvgIpc) is 3.02. The number of fused-ring (bicyclic) bond motifs is 2. The zero-order valence-electron chi connectivity index (χ0n) is 24.4. The third kappa shape index (κ3) is 10.2. The van der Waals surface area contributed by atoms with Crippen molar-refractivity contribution < 1.29 is 9.47 Å². The van der Waals surface area contributed by atoms with E-state index in [4.69, 9.17) is 60.9 Å². The lowest BCUT2D eigenvalue weighted by Crippen LogP contribution is -2.32. The first-order valence-corrected chi connectivity index (χ1v) is 16.9. The molecule has 0 aliphatic rings. The maximum atomic E-state index is 6.26. The van der Waals surface area contributed by atoms with Gasteiger partial charge in [-0.3, -0.25) is 4.90 Å². The molecule has 0 radical (unpaired) electrons. The van der Waals surface area contributed by atoms with Crippen molar-refractivity contribution in [2.45, 2.75) is 12.8 Å². The van der Waals surface area contributed by atoms with Crippen LogP contribution >= 0.6 is 46.4 Å². The molecule has 0 saturated heterocycles. The molecule has 232 valence electrons. The van der Waals surface area contributed by atoms with Crippen LogP contribution in [0.5, 0.6) is 11.5 Å². The van der Waals surface area contributed by atoms with Gasteiger partial charge in [0.05, 0.1) is 17.8 Å².